The average molecular weight is 240 g/mol. The van der Waals surface area contributed by atoms with Gasteiger partial charge in [0.15, 0.2) is 0 Å². The van der Waals surface area contributed by atoms with Gasteiger partial charge in [0.05, 0.1) is 19.4 Å². The maximum atomic E-state index is 5.40. The van der Waals surface area contributed by atoms with Crippen molar-refractivity contribution in [1.82, 2.24) is 4.98 Å². The van der Waals surface area contributed by atoms with E-state index in [1.165, 1.54) is 0 Å². The minimum atomic E-state index is -0.660. The van der Waals surface area contributed by atoms with Gasteiger partial charge in [0, 0.05) is 24.4 Å². The van der Waals surface area contributed by atoms with Crippen molar-refractivity contribution in [1.29, 1.82) is 0 Å². The minimum absolute atomic E-state index is 0.436. The smallest absolute Gasteiger partial charge is 0.146 e. The summed E-state index contributed by atoms with van der Waals surface area (Å²) in [5.41, 5.74) is 1.92. The van der Waals surface area contributed by atoms with Gasteiger partial charge < -0.3 is 9.47 Å². The highest BCUT2D eigenvalue weighted by Gasteiger charge is 2.29. The van der Waals surface area contributed by atoms with E-state index in [1.807, 2.05) is 20.8 Å². The summed E-state index contributed by atoms with van der Waals surface area (Å²) in [4.78, 5) is 9.32. The van der Waals surface area contributed by atoms with E-state index in [0.29, 0.717) is 12.4 Å². The maximum absolute atomic E-state index is 5.40. The van der Waals surface area contributed by atoms with Gasteiger partial charge >= 0.3 is 0 Å². The van der Waals surface area contributed by atoms with E-state index in [4.69, 9.17) is 20.2 Å². The van der Waals surface area contributed by atoms with Crippen molar-refractivity contribution in [3.05, 3.63) is 23.0 Å². The highest BCUT2D eigenvalue weighted by atomic mass is 16.6. The number of methoxy groups -OCH3 is 2. The molecule has 0 radical (unpaired) electrons. The predicted molar refractivity (Wildman–Crippen MR) is 64.5 cm³/mol. The summed E-state index contributed by atoms with van der Waals surface area (Å²) in [6.45, 7) is 6.07. The molecule has 0 aromatic carbocycles. The first-order chi connectivity index (χ1) is 7.97. The minimum Gasteiger partial charge on any atom is -0.494 e. The summed E-state index contributed by atoms with van der Waals surface area (Å²) in [6, 6.07) is 0. The van der Waals surface area contributed by atoms with Crippen LogP contribution in [0.1, 0.15) is 30.7 Å². The number of hydrogen-bond donors (Lipinski definition) is 1. The van der Waals surface area contributed by atoms with Crippen molar-refractivity contribution in [2.45, 2.75) is 33.0 Å². The highest BCUT2D eigenvalue weighted by molar-refractivity contribution is 5.45. The van der Waals surface area contributed by atoms with E-state index in [9.17, 15) is 0 Å². The number of aromatic nitrogens is 1. The lowest BCUT2D eigenvalue weighted by molar-refractivity contribution is -0.0268. The van der Waals surface area contributed by atoms with Crippen LogP contribution >= 0.6 is 0 Å². The Bertz CT molecular complexity index is 392. The first kappa shape index (κ1) is 13.9. The molecule has 1 aromatic rings. The number of aryl methyl sites for hydroxylation is 1. The summed E-state index contributed by atoms with van der Waals surface area (Å²) in [7, 11) is 3.24. The standard InChI is InChI=1S/C12H20N2O3/c1-8-11(16-5)10(12(2,3)17-13)9(6-14-8)7-15-4/h6H,7,13H2,1-5H3. The van der Waals surface area contributed by atoms with E-state index in [2.05, 4.69) is 4.98 Å². The highest BCUT2D eigenvalue weighted by Crippen LogP contribution is 2.36. The van der Waals surface area contributed by atoms with Crippen molar-refractivity contribution in [3.8, 4) is 5.75 Å². The summed E-state index contributed by atoms with van der Waals surface area (Å²) in [5, 5.41) is 0. The van der Waals surface area contributed by atoms with Gasteiger partial charge in [-0.2, -0.15) is 0 Å². The lowest BCUT2D eigenvalue weighted by Crippen LogP contribution is -2.28. The number of rotatable bonds is 5. The van der Waals surface area contributed by atoms with Gasteiger partial charge in [-0.15, -0.1) is 0 Å². The number of ether oxygens (including phenoxy) is 2. The van der Waals surface area contributed by atoms with Crippen LogP contribution < -0.4 is 10.6 Å². The van der Waals surface area contributed by atoms with E-state index >= 15 is 0 Å². The molecule has 5 heteroatoms. The Morgan fingerprint density at radius 1 is 1.35 bits per heavy atom. The molecule has 2 N–H and O–H groups in total. The van der Waals surface area contributed by atoms with Crippen molar-refractivity contribution < 1.29 is 14.3 Å². The van der Waals surface area contributed by atoms with Gasteiger partial charge in [-0.1, -0.05) is 0 Å². The summed E-state index contributed by atoms with van der Waals surface area (Å²) in [6.07, 6.45) is 1.76. The quantitative estimate of drug-likeness (QED) is 0.793. The number of pyridine rings is 1. The molecule has 96 valence electrons. The molecule has 0 aliphatic heterocycles. The maximum Gasteiger partial charge on any atom is 0.146 e. The van der Waals surface area contributed by atoms with Crippen LogP contribution in [-0.2, 0) is 21.8 Å². The normalized spacial score (nSPS) is 11.6. The fourth-order valence-corrected chi connectivity index (χ4v) is 1.86. The third-order valence-corrected chi connectivity index (χ3v) is 2.69. The van der Waals surface area contributed by atoms with Gasteiger partial charge in [-0.25, -0.2) is 5.90 Å². The molecular weight excluding hydrogens is 220 g/mol. The van der Waals surface area contributed by atoms with Crippen LogP contribution in [0.15, 0.2) is 6.20 Å². The second kappa shape index (κ2) is 5.44. The Morgan fingerprint density at radius 2 is 2.00 bits per heavy atom. The molecule has 0 fully saturated rings. The number of nitrogens with zero attached hydrogens (tertiary/aromatic N) is 1. The predicted octanol–water partition coefficient (Wildman–Crippen LogP) is 1.67. The van der Waals surface area contributed by atoms with Gasteiger partial charge in [0.2, 0.25) is 0 Å². The van der Waals surface area contributed by atoms with E-state index in [-0.39, 0.29) is 0 Å². The fourth-order valence-electron chi connectivity index (χ4n) is 1.86. The van der Waals surface area contributed by atoms with Gasteiger partial charge in [-0.3, -0.25) is 9.82 Å². The fraction of sp³-hybridized carbons (Fsp3) is 0.583. The second-order valence-corrected chi connectivity index (χ2v) is 4.34. The summed E-state index contributed by atoms with van der Waals surface area (Å²) in [5.74, 6) is 6.05. The Morgan fingerprint density at radius 3 is 2.47 bits per heavy atom. The monoisotopic (exact) mass is 240 g/mol. The Kier molecular flexibility index (Phi) is 4.45. The molecule has 0 atom stereocenters. The Labute approximate surface area is 102 Å². The Hall–Kier alpha value is -1.17. The first-order valence-corrected chi connectivity index (χ1v) is 5.37. The molecule has 1 rings (SSSR count). The molecule has 5 nitrogen and oxygen atoms in total. The number of nitrogens with two attached hydrogens (primary N) is 1. The third-order valence-electron chi connectivity index (χ3n) is 2.69. The average Bonchev–Trinajstić information content (AvgIpc) is 2.31. The van der Waals surface area contributed by atoms with Crippen molar-refractivity contribution in [2.24, 2.45) is 5.90 Å². The molecular formula is C12H20N2O3. The van der Waals surface area contributed by atoms with E-state index in [1.54, 1.807) is 20.4 Å². The topological polar surface area (TPSA) is 66.6 Å². The zero-order valence-electron chi connectivity index (χ0n) is 11.0. The number of hydrogen-bond acceptors (Lipinski definition) is 5. The zero-order chi connectivity index (χ0) is 13.1. The molecule has 0 saturated heterocycles. The largest absolute Gasteiger partial charge is 0.494 e. The second-order valence-electron chi connectivity index (χ2n) is 4.34. The SMILES string of the molecule is COCc1cnc(C)c(OC)c1C(C)(C)ON. The third kappa shape index (κ3) is 2.74. The summed E-state index contributed by atoms with van der Waals surface area (Å²) < 4.78 is 10.6. The molecule has 0 amide bonds. The van der Waals surface area contributed by atoms with E-state index in [0.717, 1.165) is 16.8 Å². The molecule has 0 spiro atoms. The van der Waals surface area contributed by atoms with Crippen LogP contribution in [0.3, 0.4) is 0 Å². The van der Waals surface area contributed by atoms with Crippen molar-refractivity contribution >= 4 is 0 Å². The molecule has 0 aliphatic rings. The summed E-state index contributed by atoms with van der Waals surface area (Å²) >= 11 is 0. The van der Waals surface area contributed by atoms with Crippen LogP contribution in [0.4, 0.5) is 0 Å². The molecule has 17 heavy (non-hydrogen) atoms. The molecule has 0 aliphatic carbocycles. The van der Waals surface area contributed by atoms with Gasteiger partial charge in [0.1, 0.15) is 11.4 Å². The molecule has 1 aromatic heterocycles. The molecule has 1 heterocycles. The van der Waals surface area contributed by atoms with Crippen LogP contribution in [0.2, 0.25) is 0 Å². The van der Waals surface area contributed by atoms with E-state index < -0.39 is 5.60 Å². The first-order valence-electron chi connectivity index (χ1n) is 5.37. The van der Waals surface area contributed by atoms with Crippen LogP contribution in [0.25, 0.3) is 0 Å². The zero-order valence-corrected chi connectivity index (χ0v) is 11.0. The van der Waals surface area contributed by atoms with Crippen molar-refractivity contribution in [3.63, 3.8) is 0 Å². The van der Waals surface area contributed by atoms with Crippen LogP contribution in [0.5, 0.6) is 5.75 Å². The van der Waals surface area contributed by atoms with Gasteiger partial charge in [-0.05, 0) is 20.8 Å². The van der Waals surface area contributed by atoms with Crippen LogP contribution in [-0.4, -0.2) is 19.2 Å². The molecule has 0 bridgehead atoms. The lowest BCUT2D eigenvalue weighted by Gasteiger charge is -2.27. The molecule has 0 saturated carbocycles. The molecule has 0 unspecified atom stereocenters. The van der Waals surface area contributed by atoms with Gasteiger partial charge in [0.25, 0.3) is 0 Å². The van der Waals surface area contributed by atoms with Crippen LogP contribution in [0, 0.1) is 6.92 Å². The lowest BCUT2D eigenvalue weighted by atomic mass is 9.93. The van der Waals surface area contributed by atoms with Crippen molar-refractivity contribution in [2.75, 3.05) is 14.2 Å². The Balaban J connectivity index is 3.44.